The van der Waals surface area contributed by atoms with Gasteiger partial charge in [0.05, 0.1) is 11.6 Å². The molecule has 2 aromatic heterocycles. The van der Waals surface area contributed by atoms with Crippen LogP contribution in [0.5, 0.6) is 0 Å². The van der Waals surface area contributed by atoms with Crippen LogP contribution in [0, 0.1) is 17.1 Å². The molecule has 96 valence electrons. The van der Waals surface area contributed by atoms with Crippen molar-refractivity contribution in [2.45, 2.75) is 0 Å². The summed E-state index contributed by atoms with van der Waals surface area (Å²) in [7, 11) is 0. The summed E-state index contributed by atoms with van der Waals surface area (Å²) >= 11 is 0. The Kier molecular flexibility index (Phi) is 2.94. The van der Waals surface area contributed by atoms with Crippen LogP contribution in [0.15, 0.2) is 47.1 Å². The first-order valence-electron chi connectivity index (χ1n) is 5.72. The van der Waals surface area contributed by atoms with E-state index in [1.807, 2.05) is 6.07 Å². The van der Waals surface area contributed by atoms with Crippen LogP contribution in [0.25, 0.3) is 23.0 Å². The molecule has 0 radical (unpaired) electrons. The Morgan fingerprint density at radius 1 is 1.20 bits per heavy atom. The molecule has 0 aliphatic carbocycles. The fraction of sp³-hybridized carbons (Fsp3) is 0. The summed E-state index contributed by atoms with van der Waals surface area (Å²) in [6.07, 6.45) is 1.61. The summed E-state index contributed by atoms with van der Waals surface area (Å²) in [5.74, 6) is -0.0757. The molecule has 0 N–H and O–H groups in total. The van der Waals surface area contributed by atoms with E-state index in [2.05, 4.69) is 15.1 Å². The van der Waals surface area contributed by atoms with Gasteiger partial charge in [0.1, 0.15) is 11.5 Å². The maximum Gasteiger partial charge on any atom is 0.276 e. The third kappa shape index (κ3) is 2.24. The summed E-state index contributed by atoms with van der Waals surface area (Å²) in [6.45, 7) is 0. The van der Waals surface area contributed by atoms with E-state index in [1.54, 1.807) is 24.4 Å². The van der Waals surface area contributed by atoms with Gasteiger partial charge in [-0.2, -0.15) is 10.2 Å². The van der Waals surface area contributed by atoms with E-state index >= 15 is 0 Å². The van der Waals surface area contributed by atoms with Gasteiger partial charge in [0.15, 0.2) is 0 Å². The molecule has 0 aliphatic heterocycles. The number of aromatic nitrogens is 3. The average Bonchev–Trinajstić information content (AvgIpc) is 2.97. The molecule has 0 aliphatic rings. The number of nitrogens with zero attached hydrogens (tertiary/aromatic N) is 4. The van der Waals surface area contributed by atoms with E-state index in [0.29, 0.717) is 11.3 Å². The quantitative estimate of drug-likeness (QED) is 0.712. The zero-order valence-corrected chi connectivity index (χ0v) is 10.1. The van der Waals surface area contributed by atoms with Crippen LogP contribution >= 0.6 is 0 Å². The Balaban J connectivity index is 2.03. The molecule has 0 fully saturated rings. The molecule has 3 rings (SSSR count). The van der Waals surface area contributed by atoms with Crippen LogP contribution in [0.3, 0.4) is 0 Å². The van der Waals surface area contributed by atoms with Gasteiger partial charge in [0.25, 0.3) is 5.89 Å². The lowest BCUT2D eigenvalue weighted by molar-refractivity contribution is 0.431. The van der Waals surface area contributed by atoms with Crippen molar-refractivity contribution in [2.75, 3.05) is 0 Å². The number of halogens is 1. The fourth-order valence-corrected chi connectivity index (χ4v) is 1.72. The van der Waals surface area contributed by atoms with Crippen LogP contribution in [0.4, 0.5) is 4.39 Å². The number of rotatable bonds is 2. The van der Waals surface area contributed by atoms with Gasteiger partial charge in [-0.3, -0.25) is 4.98 Å². The Hall–Kier alpha value is -3.07. The van der Waals surface area contributed by atoms with Crippen molar-refractivity contribution in [1.82, 2.24) is 15.1 Å². The molecule has 6 heteroatoms. The SMILES string of the molecule is N#Cc1cc(F)cc(-c2noc(-c3ccccn3)n2)c1. The van der Waals surface area contributed by atoms with Crippen molar-refractivity contribution in [3.63, 3.8) is 0 Å². The Morgan fingerprint density at radius 3 is 2.85 bits per heavy atom. The van der Waals surface area contributed by atoms with Crippen molar-refractivity contribution in [3.05, 3.63) is 54.0 Å². The van der Waals surface area contributed by atoms with E-state index in [0.717, 1.165) is 6.07 Å². The monoisotopic (exact) mass is 266 g/mol. The predicted molar refractivity (Wildman–Crippen MR) is 67.6 cm³/mol. The minimum Gasteiger partial charge on any atom is -0.332 e. The number of pyridine rings is 1. The molecule has 20 heavy (non-hydrogen) atoms. The highest BCUT2D eigenvalue weighted by Crippen LogP contribution is 2.22. The Morgan fingerprint density at radius 2 is 2.10 bits per heavy atom. The Labute approximate surface area is 113 Å². The van der Waals surface area contributed by atoms with Gasteiger partial charge < -0.3 is 4.52 Å². The molecule has 0 unspecified atom stereocenters. The molecule has 2 heterocycles. The maximum absolute atomic E-state index is 13.4. The first kappa shape index (κ1) is 12.0. The molecule has 0 saturated heterocycles. The number of hydrogen-bond acceptors (Lipinski definition) is 5. The van der Waals surface area contributed by atoms with E-state index in [4.69, 9.17) is 9.78 Å². The van der Waals surface area contributed by atoms with Gasteiger partial charge in [-0.25, -0.2) is 4.39 Å². The topological polar surface area (TPSA) is 75.6 Å². The molecular formula is C14H7FN4O. The zero-order valence-electron chi connectivity index (χ0n) is 10.1. The standard InChI is InChI=1S/C14H7FN4O/c15-11-6-9(8-16)5-10(7-11)13-18-14(20-19-13)12-3-1-2-4-17-12/h1-7H. The lowest BCUT2D eigenvalue weighted by Gasteiger charge is -1.96. The minimum absolute atomic E-state index is 0.198. The van der Waals surface area contributed by atoms with Crippen LogP contribution < -0.4 is 0 Å². The summed E-state index contributed by atoms with van der Waals surface area (Å²) < 4.78 is 18.5. The molecule has 0 amide bonds. The Bertz CT molecular complexity index is 792. The third-order valence-electron chi connectivity index (χ3n) is 2.60. The predicted octanol–water partition coefficient (Wildman–Crippen LogP) is 2.81. The van der Waals surface area contributed by atoms with Gasteiger partial charge >= 0.3 is 0 Å². The number of nitriles is 1. The van der Waals surface area contributed by atoms with E-state index in [9.17, 15) is 4.39 Å². The fourth-order valence-electron chi connectivity index (χ4n) is 1.72. The molecule has 0 spiro atoms. The summed E-state index contributed by atoms with van der Waals surface area (Å²) in [5, 5.41) is 12.6. The van der Waals surface area contributed by atoms with Crippen molar-refractivity contribution in [1.29, 1.82) is 5.26 Å². The van der Waals surface area contributed by atoms with E-state index in [-0.39, 0.29) is 17.3 Å². The van der Waals surface area contributed by atoms with Crippen molar-refractivity contribution < 1.29 is 8.91 Å². The molecule has 5 nitrogen and oxygen atoms in total. The second kappa shape index (κ2) is 4.90. The second-order valence-corrected chi connectivity index (χ2v) is 3.98. The molecule has 0 saturated carbocycles. The van der Waals surface area contributed by atoms with Crippen LogP contribution in [0.1, 0.15) is 5.56 Å². The van der Waals surface area contributed by atoms with Gasteiger partial charge in [0.2, 0.25) is 5.82 Å². The first-order chi connectivity index (χ1) is 9.76. The molecular weight excluding hydrogens is 259 g/mol. The summed E-state index contributed by atoms with van der Waals surface area (Å²) in [5.41, 5.74) is 1.11. The molecule has 0 bridgehead atoms. The third-order valence-corrected chi connectivity index (χ3v) is 2.60. The van der Waals surface area contributed by atoms with Gasteiger partial charge in [-0.1, -0.05) is 11.2 Å². The molecule has 3 aromatic rings. The average molecular weight is 266 g/mol. The van der Waals surface area contributed by atoms with Crippen molar-refractivity contribution in [3.8, 4) is 29.0 Å². The highest BCUT2D eigenvalue weighted by molar-refractivity contribution is 5.60. The van der Waals surface area contributed by atoms with Crippen LogP contribution in [0.2, 0.25) is 0 Å². The number of hydrogen-bond donors (Lipinski definition) is 0. The lowest BCUT2D eigenvalue weighted by Crippen LogP contribution is -1.86. The maximum atomic E-state index is 13.4. The van der Waals surface area contributed by atoms with Gasteiger partial charge in [-0.15, -0.1) is 0 Å². The zero-order chi connectivity index (χ0) is 13.9. The van der Waals surface area contributed by atoms with E-state index in [1.165, 1.54) is 12.1 Å². The highest BCUT2D eigenvalue weighted by Gasteiger charge is 2.12. The summed E-state index contributed by atoms with van der Waals surface area (Å²) in [4.78, 5) is 8.24. The summed E-state index contributed by atoms with van der Waals surface area (Å²) in [6, 6.07) is 11.1. The lowest BCUT2D eigenvalue weighted by atomic mass is 10.1. The van der Waals surface area contributed by atoms with Gasteiger partial charge in [-0.05, 0) is 30.3 Å². The molecule has 1 aromatic carbocycles. The second-order valence-electron chi connectivity index (χ2n) is 3.98. The highest BCUT2D eigenvalue weighted by atomic mass is 19.1. The first-order valence-corrected chi connectivity index (χ1v) is 5.72. The van der Waals surface area contributed by atoms with Crippen molar-refractivity contribution >= 4 is 0 Å². The smallest absolute Gasteiger partial charge is 0.276 e. The van der Waals surface area contributed by atoms with Crippen molar-refractivity contribution in [2.24, 2.45) is 0 Å². The van der Waals surface area contributed by atoms with Crippen LogP contribution in [-0.2, 0) is 0 Å². The largest absolute Gasteiger partial charge is 0.332 e. The van der Waals surface area contributed by atoms with E-state index < -0.39 is 5.82 Å². The number of benzene rings is 1. The normalized spacial score (nSPS) is 10.2. The molecule has 0 atom stereocenters. The van der Waals surface area contributed by atoms with Crippen LogP contribution in [-0.4, -0.2) is 15.1 Å². The minimum atomic E-state index is -0.525. The van der Waals surface area contributed by atoms with Gasteiger partial charge in [0, 0.05) is 11.8 Å².